The maximum Gasteiger partial charge on any atom is 0.255 e. The molecule has 1 aromatic rings. The number of amides is 2. The molecule has 2 heterocycles. The van der Waals surface area contributed by atoms with E-state index >= 15 is 0 Å². The molecule has 2 amide bonds. The Morgan fingerprint density at radius 2 is 2.00 bits per heavy atom. The molecule has 20 heavy (non-hydrogen) atoms. The van der Waals surface area contributed by atoms with Gasteiger partial charge in [0.1, 0.15) is 6.61 Å². The van der Waals surface area contributed by atoms with Crippen molar-refractivity contribution in [3.63, 3.8) is 0 Å². The summed E-state index contributed by atoms with van der Waals surface area (Å²) in [6.45, 7) is 2.51. The molecule has 0 bridgehead atoms. The fraction of sp³-hybridized carbons (Fsp3) is 0.500. The van der Waals surface area contributed by atoms with Crippen molar-refractivity contribution in [3.05, 3.63) is 30.1 Å². The number of carbonyl (C=O) groups excluding carboxylic acids is 2. The van der Waals surface area contributed by atoms with E-state index in [1.165, 1.54) is 7.11 Å². The summed E-state index contributed by atoms with van der Waals surface area (Å²) in [5.74, 6) is -0.0534. The summed E-state index contributed by atoms with van der Waals surface area (Å²) in [6, 6.07) is 3.51. The molecule has 2 rings (SSSR count). The van der Waals surface area contributed by atoms with E-state index < -0.39 is 0 Å². The second-order valence-electron chi connectivity index (χ2n) is 4.70. The topological polar surface area (TPSA) is 62.7 Å². The molecule has 108 valence electrons. The molecular weight excluding hydrogens is 258 g/mol. The zero-order chi connectivity index (χ0) is 14.4. The van der Waals surface area contributed by atoms with Gasteiger partial charge in [-0.2, -0.15) is 0 Å². The first-order valence-corrected chi connectivity index (χ1v) is 6.68. The van der Waals surface area contributed by atoms with Gasteiger partial charge in [-0.05, 0) is 18.6 Å². The third kappa shape index (κ3) is 3.54. The van der Waals surface area contributed by atoms with Crippen LogP contribution in [0.4, 0.5) is 0 Å². The molecule has 1 aliphatic rings. The summed E-state index contributed by atoms with van der Waals surface area (Å²) < 4.78 is 4.86. The highest BCUT2D eigenvalue weighted by Crippen LogP contribution is 2.08. The van der Waals surface area contributed by atoms with Gasteiger partial charge >= 0.3 is 0 Å². The first-order chi connectivity index (χ1) is 9.72. The number of hydrogen-bond acceptors (Lipinski definition) is 4. The lowest BCUT2D eigenvalue weighted by Crippen LogP contribution is -2.38. The molecular formula is C14H19N3O3. The minimum atomic E-state index is -0.0286. The molecule has 0 atom stereocenters. The van der Waals surface area contributed by atoms with Gasteiger partial charge in [0.05, 0.1) is 5.56 Å². The summed E-state index contributed by atoms with van der Waals surface area (Å²) in [7, 11) is 1.51. The highest BCUT2D eigenvalue weighted by Gasteiger charge is 2.22. The normalized spacial score (nSPS) is 15.8. The monoisotopic (exact) mass is 277 g/mol. The van der Waals surface area contributed by atoms with Gasteiger partial charge in [0.25, 0.3) is 5.91 Å². The van der Waals surface area contributed by atoms with Crippen LogP contribution in [0.25, 0.3) is 0 Å². The number of carbonyl (C=O) groups is 2. The Balaban J connectivity index is 1.96. The molecule has 1 saturated heterocycles. The van der Waals surface area contributed by atoms with Crippen molar-refractivity contribution >= 4 is 11.8 Å². The summed E-state index contributed by atoms with van der Waals surface area (Å²) in [4.78, 5) is 31.6. The minimum absolute atomic E-state index is 0.0248. The molecule has 1 aromatic heterocycles. The van der Waals surface area contributed by atoms with Crippen LogP contribution in [0.1, 0.15) is 16.8 Å². The predicted octanol–water partition coefficient (Wildman–Crippen LogP) is 0.402. The molecule has 0 N–H and O–H groups in total. The van der Waals surface area contributed by atoms with E-state index in [1.807, 2.05) is 0 Å². The number of rotatable bonds is 3. The number of methoxy groups -OCH3 is 1. The van der Waals surface area contributed by atoms with Crippen LogP contribution in [0.5, 0.6) is 0 Å². The molecule has 1 aliphatic heterocycles. The largest absolute Gasteiger partial charge is 0.375 e. The van der Waals surface area contributed by atoms with Crippen molar-refractivity contribution in [1.29, 1.82) is 0 Å². The first kappa shape index (κ1) is 14.5. The third-order valence-corrected chi connectivity index (χ3v) is 3.31. The third-order valence-electron chi connectivity index (χ3n) is 3.31. The Morgan fingerprint density at radius 3 is 2.70 bits per heavy atom. The van der Waals surface area contributed by atoms with E-state index in [0.29, 0.717) is 31.7 Å². The number of ether oxygens (including phenoxy) is 1. The maximum absolute atomic E-state index is 12.3. The standard InChI is InChI=1S/C14H19N3O3/c1-20-11-13(18)16-6-3-7-17(9-8-16)14(19)12-4-2-5-15-10-12/h2,4-5,10H,3,6-9,11H2,1H3. The predicted molar refractivity (Wildman–Crippen MR) is 73.2 cm³/mol. The van der Waals surface area contributed by atoms with Crippen molar-refractivity contribution in [2.45, 2.75) is 6.42 Å². The highest BCUT2D eigenvalue weighted by molar-refractivity contribution is 5.93. The zero-order valence-electron chi connectivity index (χ0n) is 11.6. The Hall–Kier alpha value is -1.95. The number of aromatic nitrogens is 1. The summed E-state index contributed by atoms with van der Waals surface area (Å²) in [6.07, 6.45) is 3.99. The number of pyridine rings is 1. The van der Waals surface area contributed by atoms with E-state index in [-0.39, 0.29) is 18.4 Å². The van der Waals surface area contributed by atoms with Crippen LogP contribution in [0.15, 0.2) is 24.5 Å². The van der Waals surface area contributed by atoms with Crippen molar-refractivity contribution in [2.24, 2.45) is 0 Å². The molecule has 0 saturated carbocycles. The minimum Gasteiger partial charge on any atom is -0.375 e. The van der Waals surface area contributed by atoms with Crippen molar-refractivity contribution < 1.29 is 14.3 Å². The van der Waals surface area contributed by atoms with Gasteiger partial charge in [0.2, 0.25) is 5.91 Å². The highest BCUT2D eigenvalue weighted by atomic mass is 16.5. The molecule has 1 fully saturated rings. The van der Waals surface area contributed by atoms with Gasteiger partial charge in [-0.3, -0.25) is 14.6 Å². The van der Waals surface area contributed by atoms with Crippen LogP contribution < -0.4 is 0 Å². The average Bonchev–Trinajstić information content (AvgIpc) is 2.73. The van der Waals surface area contributed by atoms with Crippen molar-refractivity contribution in [3.8, 4) is 0 Å². The molecule has 0 spiro atoms. The van der Waals surface area contributed by atoms with Crippen LogP contribution in [-0.4, -0.2) is 66.5 Å². The van der Waals surface area contributed by atoms with E-state index in [9.17, 15) is 9.59 Å². The Morgan fingerprint density at radius 1 is 1.25 bits per heavy atom. The lowest BCUT2D eigenvalue weighted by Gasteiger charge is -2.22. The summed E-state index contributed by atoms with van der Waals surface area (Å²) >= 11 is 0. The summed E-state index contributed by atoms with van der Waals surface area (Å²) in [5, 5.41) is 0. The van der Waals surface area contributed by atoms with Gasteiger partial charge in [0, 0.05) is 45.7 Å². The van der Waals surface area contributed by atoms with E-state index in [4.69, 9.17) is 4.74 Å². The Kier molecular flexibility index (Phi) is 5.06. The van der Waals surface area contributed by atoms with Crippen LogP contribution in [0.2, 0.25) is 0 Å². The first-order valence-electron chi connectivity index (χ1n) is 6.68. The fourth-order valence-corrected chi connectivity index (χ4v) is 2.26. The second-order valence-corrected chi connectivity index (χ2v) is 4.70. The molecule has 0 radical (unpaired) electrons. The van der Waals surface area contributed by atoms with E-state index in [2.05, 4.69) is 4.98 Å². The van der Waals surface area contributed by atoms with Crippen molar-refractivity contribution in [1.82, 2.24) is 14.8 Å². The van der Waals surface area contributed by atoms with E-state index in [0.717, 1.165) is 6.42 Å². The van der Waals surface area contributed by atoms with Crippen LogP contribution in [0, 0.1) is 0 Å². The number of hydrogen-bond donors (Lipinski definition) is 0. The Bertz CT molecular complexity index is 464. The maximum atomic E-state index is 12.3. The quantitative estimate of drug-likeness (QED) is 0.802. The van der Waals surface area contributed by atoms with Crippen LogP contribution >= 0.6 is 0 Å². The summed E-state index contributed by atoms with van der Waals surface area (Å²) in [5.41, 5.74) is 0.587. The second kappa shape index (κ2) is 7.00. The van der Waals surface area contributed by atoms with Gasteiger partial charge in [0.15, 0.2) is 0 Å². The molecule has 0 unspecified atom stereocenters. The zero-order valence-corrected chi connectivity index (χ0v) is 11.6. The Labute approximate surface area is 118 Å². The molecule has 6 nitrogen and oxygen atoms in total. The molecule has 0 aromatic carbocycles. The van der Waals surface area contributed by atoms with Gasteiger partial charge in [-0.1, -0.05) is 0 Å². The van der Waals surface area contributed by atoms with Gasteiger partial charge in [-0.25, -0.2) is 0 Å². The van der Waals surface area contributed by atoms with Crippen LogP contribution in [0.3, 0.4) is 0 Å². The molecule has 0 aliphatic carbocycles. The smallest absolute Gasteiger partial charge is 0.255 e. The van der Waals surface area contributed by atoms with E-state index in [1.54, 1.807) is 34.3 Å². The molecule has 6 heteroatoms. The average molecular weight is 277 g/mol. The van der Waals surface area contributed by atoms with Crippen molar-refractivity contribution in [2.75, 3.05) is 39.9 Å². The fourth-order valence-electron chi connectivity index (χ4n) is 2.26. The lowest BCUT2D eigenvalue weighted by atomic mass is 10.2. The van der Waals surface area contributed by atoms with Crippen LogP contribution in [-0.2, 0) is 9.53 Å². The SMILES string of the molecule is COCC(=O)N1CCCN(C(=O)c2cccnc2)CC1. The lowest BCUT2D eigenvalue weighted by molar-refractivity contribution is -0.135. The van der Waals surface area contributed by atoms with Gasteiger partial charge in [-0.15, -0.1) is 0 Å². The van der Waals surface area contributed by atoms with Gasteiger partial charge < -0.3 is 14.5 Å². The number of nitrogens with zero attached hydrogens (tertiary/aromatic N) is 3.